The topological polar surface area (TPSA) is 87.2 Å². The lowest BCUT2D eigenvalue weighted by Gasteiger charge is -2.37. The molecule has 0 spiro atoms. The molecular weight excluding hydrogens is 464 g/mol. The van der Waals surface area contributed by atoms with Crippen LogP contribution < -0.4 is 4.74 Å². The SMILES string of the molecule is CC(C)C#Cc1ccc2c(c1)O[C@@H](CN(C)C(=O)c1ccccc1)[C@H](C)CN([C@@H](C)CO)S2(=O)=O. The van der Waals surface area contributed by atoms with Gasteiger partial charge in [0.05, 0.1) is 13.2 Å². The van der Waals surface area contributed by atoms with Crippen LogP contribution in [-0.4, -0.2) is 67.5 Å². The third-order valence-electron chi connectivity index (χ3n) is 5.99. The van der Waals surface area contributed by atoms with Crippen LogP contribution in [0, 0.1) is 23.7 Å². The Kier molecular flexibility index (Phi) is 8.60. The molecule has 1 aliphatic heterocycles. The highest BCUT2D eigenvalue weighted by Crippen LogP contribution is 2.34. The normalized spacial score (nSPS) is 20.4. The van der Waals surface area contributed by atoms with Crippen molar-refractivity contribution in [3.63, 3.8) is 0 Å². The molecule has 35 heavy (non-hydrogen) atoms. The maximum Gasteiger partial charge on any atom is 0.253 e. The second-order valence-corrected chi connectivity index (χ2v) is 11.2. The van der Waals surface area contributed by atoms with E-state index in [0.29, 0.717) is 11.1 Å². The van der Waals surface area contributed by atoms with E-state index in [4.69, 9.17) is 4.74 Å². The monoisotopic (exact) mass is 498 g/mol. The second-order valence-electron chi connectivity index (χ2n) is 9.38. The Balaban J connectivity index is 2.02. The Hall–Kier alpha value is -2.86. The largest absolute Gasteiger partial charge is 0.487 e. The molecule has 0 saturated heterocycles. The molecule has 8 heteroatoms. The molecule has 0 saturated carbocycles. The summed E-state index contributed by atoms with van der Waals surface area (Å²) in [5.74, 6) is 6.11. The van der Waals surface area contributed by atoms with Gasteiger partial charge in [-0.15, -0.1) is 0 Å². The summed E-state index contributed by atoms with van der Waals surface area (Å²) in [5, 5.41) is 9.78. The molecule has 7 nitrogen and oxygen atoms in total. The van der Waals surface area contributed by atoms with Crippen LogP contribution in [0.5, 0.6) is 5.75 Å². The molecule has 0 unspecified atom stereocenters. The molecular formula is C27H34N2O5S. The van der Waals surface area contributed by atoms with Crippen LogP contribution in [0.2, 0.25) is 0 Å². The molecule has 0 aromatic heterocycles. The zero-order valence-corrected chi connectivity index (χ0v) is 21.7. The zero-order valence-electron chi connectivity index (χ0n) is 20.9. The van der Waals surface area contributed by atoms with E-state index in [1.54, 1.807) is 43.1 Å². The van der Waals surface area contributed by atoms with Crippen LogP contribution in [0.1, 0.15) is 43.6 Å². The third-order valence-corrected chi connectivity index (χ3v) is 8.01. The predicted molar refractivity (Wildman–Crippen MR) is 136 cm³/mol. The van der Waals surface area contributed by atoms with Crippen LogP contribution in [0.3, 0.4) is 0 Å². The van der Waals surface area contributed by atoms with E-state index < -0.39 is 22.2 Å². The lowest BCUT2D eigenvalue weighted by Crippen LogP contribution is -2.50. The number of ether oxygens (including phenoxy) is 1. The highest BCUT2D eigenvalue weighted by atomic mass is 32.2. The van der Waals surface area contributed by atoms with Crippen molar-refractivity contribution in [3.05, 3.63) is 59.7 Å². The number of aliphatic hydroxyl groups excluding tert-OH is 1. The van der Waals surface area contributed by atoms with Crippen molar-refractivity contribution in [2.24, 2.45) is 11.8 Å². The summed E-state index contributed by atoms with van der Waals surface area (Å²) in [4.78, 5) is 14.6. The fraction of sp³-hybridized carbons (Fsp3) is 0.444. The van der Waals surface area contributed by atoms with Gasteiger partial charge in [0.1, 0.15) is 16.7 Å². The minimum Gasteiger partial charge on any atom is -0.487 e. The van der Waals surface area contributed by atoms with E-state index in [1.165, 1.54) is 10.4 Å². The molecule has 1 heterocycles. The van der Waals surface area contributed by atoms with Gasteiger partial charge in [-0.05, 0) is 37.3 Å². The van der Waals surface area contributed by atoms with E-state index in [2.05, 4.69) is 11.8 Å². The van der Waals surface area contributed by atoms with E-state index >= 15 is 0 Å². The van der Waals surface area contributed by atoms with Crippen LogP contribution in [0.4, 0.5) is 0 Å². The highest BCUT2D eigenvalue weighted by molar-refractivity contribution is 7.89. The first-order valence-electron chi connectivity index (χ1n) is 11.8. The molecule has 0 fully saturated rings. The van der Waals surface area contributed by atoms with Gasteiger partial charge in [0.15, 0.2) is 0 Å². The molecule has 188 valence electrons. The third kappa shape index (κ3) is 6.23. The van der Waals surface area contributed by atoms with Gasteiger partial charge in [-0.3, -0.25) is 4.79 Å². The van der Waals surface area contributed by atoms with Crippen molar-refractivity contribution in [2.45, 2.75) is 44.7 Å². The molecule has 0 radical (unpaired) electrons. The smallest absolute Gasteiger partial charge is 0.253 e. The summed E-state index contributed by atoms with van der Waals surface area (Å²) >= 11 is 0. The summed E-state index contributed by atoms with van der Waals surface area (Å²) in [6.45, 7) is 7.63. The molecule has 3 rings (SSSR count). The zero-order chi connectivity index (χ0) is 25.8. The molecule has 0 bridgehead atoms. The standard InChI is InChI=1S/C27H34N2O5S/c1-19(2)11-12-22-13-14-26-24(15-22)34-25(17-28(5)27(31)23-9-7-6-8-10-23)20(3)16-29(21(4)18-30)35(26,32)33/h6-10,13-15,19-21,25,30H,16-18H2,1-5H3/t20-,21+,25+/m1/s1. The first-order chi connectivity index (χ1) is 16.5. The molecule has 3 atom stereocenters. The molecule has 2 aromatic rings. The Labute approximate surface area is 208 Å². The molecule has 1 aliphatic rings. The van der Waals surface area contributed by atoms with Gasteiger partial charge >= 0.3 is 0 Å². The van der Waals surface area contributed by atoms with Crippen molar-refractivity contribution in [3.8, 4) is 17.6 Å². The Bertz CT molecular complexity index is 1200. The van der Waals surface area contributed by atoms with Crippen LogP contribution >= 0.6 is 0 Å². The predicted octanol–water partition coefficient (Wildman–Crippen LogP) is 3.23. The Morgan fingerprint density at radius 1 is 1.20 bits per heavy atom. The summed E-state index contributed by atoms with van der Waals surface area (Å²) in [7, 11) is -2.22. The number of hydrogen-bond donors (Lipinski definition) is 1. The fourth-order valence-electron chi connectivity index (χ4n) is 3.90. The Morgan fingerprint density at radius 3 is 2.51 bits per heavy atom. The number of benzene rings is 2. The van der Waals surface area contributed by atoms with Crippen molar-refractivity contribution >= 4 is 15.9 Å². The van der Waals surface area contributed by atoms with Gasteiger partial charge in [-0.2, -0.15) is 4.31 Å². The maximum atomic E-state index is 13.6. The van der Waals surface area contributed by atoms with Crippen LogP contribution in [0.15, 0.2) is 53.4 Å². The number of sulfonamides is 1. The van der Waals surface area contributed by atoms with E-state index in [1.807, 2.05) is 39.0 Å². The number of carbonyl (C=O) groups is 1. The summed E-state index contributed by atoms with van der Waals surface area (Å²) in [6.07, 6.45) is -0.483. The molecule has 1 N–H and O–H groups in total. The summed E-state index contributed by atoms with van der Waals surface area (Å²) in [5.41, 5.74) is 1.22. The van der Waals surface area contributed by atoms with Crippen molar-refractivity contribution in [1.29, 1.82) is 0 Å². The van der Waals surface area contributed by atoms with Gasteiger partial charge in [0.2, 0.25) is 10.0 Å². The summed E-state index contributed by atoms with van der Waals surface area (Å²) < 4.78 is 34.8. The lowest BCUT2D eigenvalue weighted by atomic mass is 10.0. The molecule has 1 amide bonds. The van der Waals surface area contributed by atoms with Crippen molar-refractivity contribution in [2.75, 3.05) is 26.7 Å². The quantitative estimate of drug-likeness (QED) is 0.640. The highest BCUT2D eigenvalue weighted by Gasteiger charge is 2.38. The van der Waals surface area contributed by atoms with Crippen molar-refractivity contribution in [1.82, 2.24) is 9.21 Å². The van der Waals surface area contributed by atoms with E-state index in [0.717, 1.165) is 0 Å². The van der Waals surface area contributed by atoms with Gasteiger partial charge in [-0.25, -0.2) is 8.42 Å². The van der Waals surface area contributed by atoms with E-state index in [-0.39, 0.29) is 48.1 Å². The second kappa shape index (κ2) is 11.3. The minimum absolute atomic E-state index is 0.0295. The van der Waals surface area contributed by atoms with Crippen LogP contribution in [0.25, 0.3) is 0 Å². The van der Waals surface area contributed by atoms with Gasteiger partial charge in [0.25, 0.3) is 5.91 Å². The number of rotatable bonds is 5. The number of fused-ring (bicyclic) bond motifs is 1. The average molecular weight is 499 g/mol. The van der Waals surface area contributed by atoms with Gasteiger partial charge in [0, 0.05) is 42.6 Å². The average Bonchev–Trinajstić information content (AvgIpc) is 2.84. The molecule has 0 aliphatic carbocycles. The van der Waals surface area contributed by atoms with Gasteiger partial charge < -0.3 is 14.7 Å². The number of carbonyl (C=O) groups excluding carboxylic acids is 1. The Morgan fingerprint density at radius 2 is 1.89 bits per heavy atom. The van der Waals surface area contributed by atoms with Crippen molar-refractivity contribution < 1.29 is 23.1 Å². The van der Waals surface area contributed by atoms with Gasteiger partial charge in [-0.1, -0.05) is 50.8 Å². The number of nitrogens with zero attached hydrogens (tertiary/aromatic N) is 2. The maximum absolute atomic E-state index is 13.6. The molecule has 2 aromatic carbocycles. The lowest BCUT2D eigenvalue weighted by molar-refractivity contribution is 0.0563. The minimum atomic E-state index is -3.93. The fourth-order valence-corrected chi connectivity index (χ4v) is 5.73. The number of aliphatic hydroxyl groups is 1. The number of hydrogen-bond acceptors (Lipinski definition) is 5. The summed E-state index contributed by atoms with van der Waals surface area (Å²) in [6, 6.07) is 13.2. The van der Waals surface area contributed by atoms with E-state index in [9.17, 15) is 18.3 Å². The number of amides is 1. The first-order valence-corrected chi connectivity index (χ1v) is 13.2. The number of likely N-dealkylation sites (N-methyl/N-ethyl adjacent to an activating group) is 1. The first kappa shape index (κ1) is 26.7. The van der Waals surface area contributed by atoms with Crippen LogP contribution in [-0.2, 0) is 10.0 Å².